The topological polar surface area (TPSA) is 109 Å². The molecule has 8 nitrogen and oxygen atoms in total. The highest BCUT2D eigenvalue weighted by atomic mass is 16.4. The highest BCUT2D eigenvalue weighted by Gasteiger charge is 2.28. The monoisotopic (exact) mass is 420 g/mol. The first kappa shape index (κ1) is 20.6. The van der Waals surface area contributed by atoms with E-state index in [1.54, 1.807) is 11.1 Å². The van der Waals surface area contributed by atoms with E-state index in [4.69, 9.17) is 4.42 Å². The van der Waals surface area contributed by atoms with Crippen LogP contribution in [-0.4, -0.2) is 51.4 Å². The third kappa shape index (κ3) is 5.28. The number of amides is 2. The fourth-order valence-corrected chi connectivity index (χ4v) is 3.72. The van der Waals surface area contributed by atoms with Crippen LogP contribution in [0.1, 0.15) is 46.3 Å². The van der Waals surface area contributed by atoms with Gasteiger partial charge in [0.2, 0.25) is 5.91 Å². The van der Waals surface area contributed by atoms with Crippen LogP contribution in [0.25, 0.3) is 0 Å². The molecule has 4 rings (SSSR count). The Hall–Kier alpha value is -3.68. The second-order valence-corrected chi connectivity index (χ2v) is 7.62. The molecule has 1 atom stereocenters. The zero-order valence-corrected chi connectivity index (χ0v) is 17.0. The number of aromatic nitrogens is 2. The second kappa shape index (κ2) is 9.42. The third-order valence-corrected chi connectivity index (χ3v) is 5.30. The molecule has 1 aliphatic rings. The number of likely N-dealkylation sites (tertiary alicyclic amines) is 1. The number of aromatic hydroxyl groups is 1. The summed E-state index contributed by atoms with van der Waals surface area (Å²) in [5, 5.41) is 12.0. The standard InChI is InChI=1S/C23H24N4O4/c28-19-10-18(11-24-12-19)22(30)25-14-21(29)27-8-4-7-17(15-27)23-26-13-20(31-23)9-16-5-2-1-3-6-16/h1-3,5-6,10-13,17,28H,4,7-9,14-15H2,(H,25,30)/t17-/m0/s1. The van der Waals surface area contributed by atoms with Gasteiger partial charge < -0.3 is 19.7 Å². The summed E-state index contributed by atoms with van der Waals surface area (Å²) < 4.78 is 5.97. The van der Waals surface area contributed by atoms with Crippen molar-refractivity contribution in [3.63, 3.8) is 0 Å². The maximum Gasteiger partial charge on any atom is 0.253 e. The van der Waals surface area contributed by atoms with Crippen molar-refractivity contribution in [1.29, 1.82) is 0 Å². The van der Waals surface area contributed by atoms with Gasteiger partial charge in [0.15, 0.2) is 5.89 Å². The van der Waals surface area contributed by atoms with Crippen LogP contribution in [0.15, 0.2) is 59.4 Å². The summed E-state index contributed by atoms with van der Waals surface area (Å²) in [7, 11) is 0. The van der Waals surface area contributed by atoms with Gasteiger partial charge in [-0.1, -0.05) is 30.3 Å². The first-order chi connectivity index (χ1) is 15.1. The van der Waals surface area contributed by atoms with E-state index in [0.29, 0.717) is 25.4 Å². The predicted molar refractivity (Wildman–Crippen MR) is 113 cm³/mol. The first-order valence-corrected chi connectivity index (χ1v) is 10.3. The maximum absolute atomic E-state index is 12.6. The number of hydrogen-bond acceptors (Lipinski definition) is 6. The van der Waals surface area contributed by atoms with E-state index in [9.17, 15) is 14.7 Å². The zero-order valence-electron chi connectivity index (χ0n) is 17.0. The smallest absolute Gasteiger partial charge is 0.253 e. The zero-order chi connectivity index (χ0) is 21.6. The van der Waals surface area contributed by atoms with Crippen LogP contribution in [0.5, 0.6) is 5.75 Å². The van der Waals surface area contributed by atoms with Gasteiger partial charge in [-0.15, -0.1) is 0 Å². The number of hydrogen-bond donors (Lipinski definition) is 2. The van der Waals surface area contributed by atoms with Crippen molar-refractivity contribution in [3.8, 4) is 5.75 Å². The molecule has 0 unspecified atom stereocenters. The fourth-order valence-electron chi connectivity index (χ4n) is 3.72. The van der Waals surface area contributed by atoms with Gasteiger partial charge in [0.1, 0.15) is 11.5 Å². The Kier molecular flexibility index (Phi) is 6.26. The number of piperidine rings is 1. The summed E-state index contributed by atoms with van der Waals surface area (Å²) in [5.74, 6) is 0.768. The molecule has 0 spiro atoms. The Morgan fingerprint density at radius 1 is 1.19 bits per heavy atom. The molecule has 1 aromatic carbocycles. The van der Waals surface area contributed by atoms with Gasteiger partial charge in [0, 0.05) is 25.7 Å². The lowest BCUT2D eigenvalue weighted by molar-refractivity contribution is -0.131. The number of benzene rings is 1. The Morgan fingerprint density at radius 3 is 2.84 bits per heavy atom. The highest BCUT2D eigenvalue weighted by Crippen LogP contribution is 2.27. The van der Waals surface area contributed by atoms with E-state index in [0.717, 1.165) is 24.2 Å². The molecule has 8 heteroatoms. The number of oxazole rings is 1. The van der Waals surface area contributed by atoms with Crippen molar-refractivity contribution in [2.75, 3.05) is 19.6 Å². The molecule has 2 amide bonds. The third-order valence-electron chi connectivity index (χ3n) is 5.30. The quantitative estimate of drug-likeness (QED) is 0.634. The summed E-state index contributed by atoms with van der Waals surface area (Å²) in [6, 6.07) is 11.4. The minimum absolute atomic E-state index is 0.0354. The number of carbonyl (C=O) groups is 2. The fraction of sp³-hybridized carbons (Fsp3) is 0.304. The van der Waals surface area contributed by atoms with Gasteiger partial charge in [-0.25, -0.2) is 4.98 Å². The molecule has 3 aromatic rings. The second-order valence-electron chi connectivity index (χ2n) is 7.62. The summed E-state index contributed by atoms with van der Waals surface area (Å²) in [5.41, 5.74) is 1.36. The van der Waals surface area contributed by atoms with Crippen LogP contribution in [0.2, 0.25) is 0 Å². The maximum atomic E-state index is 12.6. The molecule has 1 fully saturated rings. The summed E-state index contributed by atoms with van der Waals surface area (Å²) in [4.78, 5) is 34.7. The summed E-state index contributed by atoms with van der Waals surface area (Å²) >= 11 is 0. The molecular formula is C23H24N4O4. The van der Waals surface area contributed by atoms with E-state index in [-0.39, 0.29) is 29.7 Å². The molecule has 1 aliphatic heterocycles. The molecule has 31 heavy (non-hydrogen) atoms. The van der Waals surface area contributed by atoms with Crippen molar-refractivity contribution >= 4 is 11.8 Å². The van der Waals surface area contributed by atoms with Crippen LogP contribution < -0.4 is 5.32 Å². The van der Waals surface area contributed by atoms with E-state index in [2.05, 4.69) is 15.3 Å². The number of nitrogens with one attached hydrogen (secondary N) is 1. The minimum atomic E-state index is -0.455. The largest absolute Gasteiger partial charge is 0.506 e. The van der Waals surface area contributed by atoms with Crippen molar-refractivity contribution in [2.45, 2.75) is 25.2 Å². The molecular weight excluding hydrogens is 396 g/mol. The number of carbonyl (C=O) groups excluding carboxylic acids is 2. The van der Waals surface area contributed by atoms with Gasteiger partial charge in [-0.3, -0.25) is 14.6 Å². The van der Waals surface area contributed by atoms with Crippen molar-refractivity contribution < 1.29 is 19.1 Å². The van der Waals surface area contributed by atoms with Gasteiger partial charge in [0.25, 0.3) is 5.91 Å². The molecule has 1 saturated heterocycles. The van der Waals surface area contributed by atoms with Crippen LogP contribution >= 0.6 is 0 Å². The van der Waals surface area contributed by atoms with E-state index in [1.165, 1.54) is 18.5 Å². The van der Waals surface area contributed by atoms with Crippen LogP contribution in [0, 0.1) is 0 Å². The Labute approximate surface area is 179 Å². The van der Waals surface area contributed by atoms with Gasteiger partial charge >= 0.3 is 0 Å². The normalized spacial score (nSPS) is 16.1. The molecule has 0 bridgehead atoms. The van der Waals surface area contributed by atoms with E-state index < -0.39 is 5.91 Å². The molecule has 2 N–H and O–H groups in total. The van der Waals surface area contributed by atoms with Crippen molar-refractivity contribution in [2.24, 2.45) is 0 Å². The van der Waals surface area contributed by atoms with Crippen molar-refractivity contribution in [3.05, 3.63) is 77.8 Å². The SMILES string of the molecule is O=C(NCC(=O)N1CCC[C@H](c2ncc(Cc3ccccc3)o2)C1)c1cncc(O)c1. The summed E-state index contributed by atoms with van der Waals surface area (Å²) in [6.45, 7) is 1.02. The average Bonchev–Trinajstić information content (AvgIpc) is 3.26. The predicted octanol–water partition coefficient (Wildman–Crippen LogP) is 2.50. The Morgan fingerprint density at radius 2 is 2.03 bits per heavy atom. The van der Waals surface area contributed by atoms with Gasteiger partial charge in [-0.05, 0) is 24.5 Å². The number of rotatable bonds is 6. The lowest BCUT2D eigenvalue weighted by atomic mass is 9.98. The highest BCUT2D eigenvalue weighted by molar-refractivity contribution is 5.96. The lowest BCUT2D eigenvalue weighted by Crippen LogP contribution is -2.44. The average molecular weight is 420 g/mol. The van der Waals surface area contributed by atoms with Crippen LogP contribution in [-0.2, 0) is 11.2 Å². The van der Waals surface area contributed by atoms with Crippen molar-refractivity contribution in [1.82, 2.24) is 20.2 Å². The Bertz CT molecular complexity index is 1050. The molecule has 0 saturated carbocycles. The van der Waals surface area contributed by atoms with E-state index >= 15 is 0 Å². The molecule has 2 aromatic heterocycles. The molecule has 3 heterocycles. The number of nitrogens with zero attached hydrogens (tertiary/aromatic N) is 3. The molecule has 0 aliphatic carbocycles. The lowest BCUT2D eigenvalue weighted by Gasteiger charge is -2.31. The minimum Gasteiger partial charge on any atom is -0.506 e. The van der Waals surface area contributed by atoms with Gasteiger partial charge in [0.05, 0.1) is 30.4 Å². The van der Waals surface area contributed by atoms with Crippen LogP contribution in [0.4, 0.5) is 0 Å². The van der Waals surface area contributed by atoms with Crippen LogP contribution in [0.3, 0.4) is 0 Å². The number of pyridine rings is 1. The van der Waals surface area contributed by atoms with Gasteiger partial charge in [-0.2, -0.15) is 0 Å². The molecule has 160 valence electrons. The first-order valence-electron chi connectivity index (χ1n) is 10.3. The Balaban J connectivity index is 1.32. The molecule has 0 radical (unpaired) electrons. The summed E-state index contributed by atoms with van der Waals surface area (Å²) in [6.07, 6.45) is 6.76. The van der Waals surface area contributed by atoms with E-state index in [1.807, 2.05) is 30.3 Å².